The van der Waals surface area contributed by atoms with Crippen LogP contribution in [-0.4, -0.2) is 19.6 Å². The molecule has 1 aromatic rings. The van der Waals surface area contributed by atoms with E-state index in [1.807, 2.05) is 12.1 Å². The summed E-state index contributed by atoms with van der Waals surface area (Å²) in [6.07, 6.45) is 3.79. The molecule has 1 aliphatic carbocycles. The Labute approximate surface area is 122 Å². The Morgan fingerprint density at radius 2 is 2.26 bits per heavy atom. The Kier molecular flexibility index (Phi) is 4.86. The molecule has 1 aliphatic rings. The van der Waals surface area contributed by atoms with Crippen LogP contribution in [0, 0.1) is 11.8 Å². The fraction of sp³-hybridized carbons (Fsp3) is 0.533. The highest BCUT2D eigenvalue weighted by atomic mass is 79.9. The van der Waals surface area contributed by atoms with Gasteiger partial charge >= 0.3 is 0 Å². The van der Waals surface area contributed by atoms with Crippen molar-refractivity contribution < 1.29 is 9.53 Å². The molecule has 0 aliphatic heterocycles. The highest BCUT2D eigenvalue weighted by Crippen LogP contribution is 2.30. The molecule has 0 radical (unpaired) electrons. The number of rotatable bonds is 4. The van der Waals surface area contributed by atoms with Gasteiger partial charge in [0.1, 0.15) is 5.75 Å². The first-order valence-electron chi connectivity index (χ1n) is 6.73. The van der Waals surface area contributed by atoms with Gasteiger partial charge in [0, 0.05) is 11.0 Å². The zero-order valence-corrected chi connectivity index (χ0v) is 13.0. The zero-order valence-electron chi connectivity index (χ0n) is 11.4. The number of ether oxygens (including phenoxy) is 1. The number of amides is 1. The van der Waals surface area contributed by atoms with Crippen LogP contribution in [0.3, 0.4) is 0 Å². The lowest BCUT2D eigenvalue weighted by Gasteiger charge is -2.16. The lowest BCUT2D eigenvalue weighted by Crippen LogP contribution is -2.30. The average molecular weight is 326 g/mol. The minimum atomic E-state index is -0.0372. The Hall–Kier alpha value is -1.03. The van der Waals surface area contributed by atoms with Gasteiger partial charge in [-0.25, -0.2) is 0 Å². The lowest BCUT2D eigenvalue weighted by molar-refractivity contribution is 0.0943. The standard InChI is InChI=1S/C15H20BrNO2/c1-10-4-3-5-11(10)9-17-15(18)13-8-12(19-2)6-7-14(13)16/h6-8,10-11H,3-5,9H2,1-2H3,(H,17,18). The number of hydrogen-bond donors (Lipinski definition) is 1. The second-order valence-corrected chi connectivity index (χ2v) is 6.08. The Morgan fingerprint density at radius 3 is 2.89 bits per heavy atom. The van der Waals surface area contributed by atoms with Crippen LogP contribution in [-0.2, 0) is 0 Å². The van der Waals surface area contributed by atoms with Crippen molar-refractivity contribution in [3.8, 4) is 5.75 Å². The molecule has 2 rings (SSSR count). The highest BCUT2D eigenvalue weighted by molar-refractivity contribution is 9.10. The molecule has 0 spiro atoms. The quantitative estimate of drug-likeness (QED) is 0.918. The summed E-state index contributed by atoms with van der Waals surface area (Å²) in [5.74, 6) is 2.00. The van der Waals surface area contributed by atoms with Gasteiger partial charge < -0.3 is 10.1 Å². The molecule has 0 saturated heterocycles. The number of hydrogen-bond acceptors (Lipinski definition) is 2. The molecule has 1 saturated carbocycles. The van der Waals surface area contributed by atoms with Crippen LogP contribution >= 0.6 is 15.9 Å². The first-order valence-corrected chi connectivity index (χ1v) is 7.53. The molecule has 0 heterocycles. The van der Waals surface area contributed by atoms with Crippen LogP contribution in [0.1, 0.15) is 36.5 Å². The number of nitrogens with one attached hydrogen (secondary N) is 1. The lowest BCUT2D eigenvalue weighted by atomic mass is 9.98. The number of methoxy groups -OCH3 is 1. The predicted molar refractivity (Wildman–Crippen MR) is 79.5 cm³/mol. The number of halogens is 1. The smallest absolute Gasteiger partial charge is 0.252 e. The Balaban J connectivity index is 1.99. The van der Waals surface area contributed by atoms with Gasteiger partial charge in [-0.05, 0) is 52.4 Å². The molecular formula is C15H20BrNO2. The highest BCUT2D eigenvalue weighted by Gasteiger charge is 2.24. The fourth-order valence-corrected chi connectivity index (χ4v) is 3.08. The first-order chi connectivity index (χ1) is 9.11. The fourth-order valence-electron chi connectivity index (χ4n) is 2.65. The Morgan fingerprint density at radius 1 is 1.47 bits per heavy atom. The zero-order chi connectivity index (χ0) is 13.8. The van der Waals surface area contributed by atoms with E-state index in [2.05, 4.69) is 28.2 Å². The predicted octanol–water partition coefficient (Wildman–Crippen LogP) is 3.62. The van der Waals surface area contributed by atoms with Gasteiger partial charge in [-0.2, -0.15) is 0 Å². The van der Waals surface area contributed by atoms with Crippen molar-refractivity contribution in [1.29, 1.82) is 0 Å². The van der Waals surface area contributed by atoms with Crippen molar-refractivity contribution in [2.24, 2.45) is 11.8 Å². The van der Waals surface area contributed by atoms with Gasteiger partial charge in [-0.1, -0.05) is 19.8 Å². The molecule has 1 amide bonds. The summed E-state index contributed by atoms with van der Waals surface area (Å²) in [5.41, 5.74) is 0.630. The maximum Gasteiger partial charge on any atom is 0.252 e. The van der Waals surface area contributed by atoms with Crippen LogP contribution in [0.25, 0.3) is 0 Å². The minimum Gasteiger partial charge on any atom is -0.497 e. The minimum absolute atomic E-state index is 0.0372. The summed E-state index contributed by atoms with van der Waals surface area (Å²) >= 11 is 3.41. The second kappa shape index (κ2) is 6.42. The molecule has 1 aromatic carbocycles. The second-order valence-electron chi connectivity index (χ2n) is 5.22. The van der Waals surface area contributed by atoms with Crippen molar-refractivity contribution >= 4 is 21.8 Å². The third-order valence-electron chi connectivity index (χ3n) is 3.98. The largest absolute Gasteiger partial charge is 0.497 e. The summed E-state index contributed by atoms with van der Waals surface area (Å²) in [5, 5.41) is 3.04. The molecular weight excluding hydrogens is 306 g/mol. The van der Waals surface area contributed by atoms with Gasteiger partial charge in [0.25, 0.3) is 5.91 Å². The molecule has 3 nitrogen and oxygen atoms in total. The molecule has 0 bridgehead atoms. The maximum absolute atomic E-state index is 12.2. The van der Waals surface area contributed by atoms with Crippen LogP contribution in [0.4, 0.5) is 0 Å². The van der Waals surface area contributed by atoms with E-state index in [9.17, 15) is 4.79 Å². The molecule has 19 heavy (non-hydrogen) atoms. The summed E-state index contributed by atoms with van der Waals surface area (Å²) in [7, 11) is 1.60. The first kappa shape index (κ1) is 14.4. The molecule has 1 N–H and O–H groups in total. The van der Waals surface area contributed by atoms with Crippen molar-refractivity contribution in [3.63, 3.8) is 0 Å². The van der Waals surface area contributed by atoms with Crippen LogP contribution in [0.5, 0.6) is 5.75 Å². The van der Waals surface area contributed by atoms with Gasteiger partial charge in [0.05, 0.1) is 12.7 Å². The van der Waals surface area contributed by atoms with Gasteiger partial charge in [-0.15, -0.1) is 0 Å². The van der Waals surface area contributed by atoms with E-state index in [1.54, 1.807) is 13.2 Å². The molecule has 1 fully saturated rings. The molecule has 0 aromatic heterocycles. The van der Waals surface area contributed by atoms with E-state index in [1.165, 1.54) is 19.3 Å². The summed E-state index contributed by atoms with van der Waals surface area (Å²) in [4.78, 5) is 12.2. The monoisotopic (exact) mass is 325 g/mol. The summed E-state index contributed by atoms with van der Waals surface area (Å²) in [6.45, 7) is 3.04. The van der Waals surface area contributed by atoms with Crippen molar-refractivity contribution in [1.82, 2.24) is 5.32 Å². The van der Waals surface area contributed by atoms with Crippen LogP contribution < -0.4 is 10.1 Å². The van der Waals surface area contributed by atoms with Crippen molar-refractivity contribution in [2.75, 3.05) is 13.7 Å². The molecule has 4 heteroatoms. The SMILES string of the molecule is COc1ccc(Br)c(C(=O)NCC2CCCC2C)c1. The van der Waals surface area contributed by atoms with Crippen molar-refractivity contribution in [3.05, 3.63) is 28.2 Å². The van der Waals surface area contributed by atoms with E-state index < -0.39 is 0 Å². The van der Waals surface area contributed by atoms with E-state index in [-0.39, 0.29) is 5.91 Å². The number of carbonyl (C=O) groups excluding carboxylic acids is 1. The van der Waals surface area contributed by atoms with Crippen molar-refractivity contribution in [2.45, 2.75) is 26.2 Å². The average Bonchev–Trinajstić information content (AvgIpc) is 2.82. The third-order valence-corrected chi connectivity index (χ3v) is 4.67. The van der Waals surface area contributed by atoms with E-state index >= 15 is 0 Å². The van der Waals surface area contributed by atoms with Crippen LogP contribution in [0.15, 0.2) is 22.7 Å². The van der Waals surface area contributed by atoms with E-state index in [4.69, 9.17) is 4.74 Å². The normalized spacial score (nSPS) is 22.3. The summed E-state index contributed by atoms with van der Waals surface area (Å²) in [6, 6.07) is 5.43. The third kappa shape index (κ3) is 3.50. The van der Waals surface area contributed by atoms with Gasteiger partial charge in [0.15, 0.2) is 0 Å². The number of carbonyl (C=O) groups is 1. The van der Waals surface area contributed by atoms with Gasteiger partial charge in [0.2, 0.25) is 0 Å². The number of benzene rings is 1. The van der Waals surface area contributed by atoms with Crippen LogP contribution in [0.2, 0.25) is 0 Å². The molecule has 2 unspecified atom stereocenters. The van der Waals surface area contributed by atoms with E-state index in [0.29, 0.717) is 23.1 Å². The topological polar surface area (TPSA) is 38.3 Å². The Bertz CT molecular complexity index is 461. The molecule has 2 atom stereocenters. The van der Waals surface area contributed by atoms with Gasteiger partial charge in [-0.3, -0.25) is 4.79 Å². The maximum atomic E-state index is 12.2. The molecule has 104 valence electrons. The van der Waals surface area contributed by atoms with E-state index in [0.717, 1.165) is 11.0 Å². The summed E-state index contributed by atoms with van der Waals surface area (Å²) < 4.78 is 5.95.